The van der Waals surface area contributed by atoms with Crippen molar-refractivity contribution in [2.45, 2.75) is 12.6 Å². The van der Waals surface area contributed by atoms with E-state index in [9.17, 15) is 4.79 Å². The van der Waals surface area contributed by atoms with Crippen molar-refractivity contribution < 1.29 is 14.3 Å². The minimum Gasteiger partial charge on any atom is -0.494 e. The number of carbonyl (C=O) groups is 1. The molecule has 0 spiro atoms. The molecule has 1 atom stereocenters. The van der Waals surface area contributed by atoms with Gasteiger partial charge < -0.3 is 14.8 Å². The monoisotopic (exact) mass is 442 g/mol. The maximum absolute atomic E-state index is 12.5. The summed E-state index contributed by atoms with van der Waals surface area (Å²) >= 11 is 0. The zero-order valence-electron chi connectivity index (χ0n) is 18.7. The molecule has 4 aromatic rings. The minimum absolute atomic E-state index is 0.128. The van der Waals surface area contributed by atoms with Gasteiger partial charge in [-0.3, -0.25) is 9.69 Å². The van der Waals surface area contributed by atoms with Crippen LogP contribution in [0, 0.1) is 0 Å². The third-order valence-corrected chi connectivity index (χ3v) is 6.03. The number of aromatic nitrogens is 2. The number of morpholine rings is 1. The molecule has 33 heavy (non-hydrogen) atoms. The van der Waals surface area contributed by atoms with Crippen molar-refractivity contribution in [3.05, 3.63) is 77.6 Å². The quantitative estimate of drug-likeness (QED) is 0.508. The van der Waals surface area contributed by atoms with Crippen LogP contribution >= 0.6 is 0 Å². The van der Waals surface area contributed by atoms with Crippen molar-refractivity contribution in [2.75, 3.05) is 33.9 Å². The molecule has 1 aliphatic rings. The van der Waals surface area contributed by atoms with Gasteiger partial charge in [-0.15, -0.1) is 0 Å². The highest BCUT2D eigenvalue weighted by Crippen LogP contribution is 2.28. The van der Waals surface area contributed by atoms with Crippen molar-refractivity contribution >= 4 is 27.7 Å². The molecule has 1 amide bonds. The number of hydrogen-bond acceptors (Lipinski definition) is 6. The Hall–Kier alpha value is -3.55. The Morgan fingerprint density at radius 1 is 1.15 bits per heavy atom. The topological polar surface area (TPSA) is 76.6 Å². The van der Waals surface area contributed by atoms with Crippen LogP contribution in [0.2, 0.25) is 0 Å². The second kappa shape index (κ2) is 9.13. The van der Waals surface area contributed by atoms with Gasteiger partial charge in [-0.2, -0.15) is 0 Å². The van der Waals surface area contributed by atoms with E-state index in [1.807, 2.05) is 48.5 Å². The van der Waals surface area contributed by atoms with E-state index in [1.165, 1.54) is 0 Å². The molecular formula is C26H26N4O3. The Bertz CT molecular complexity index is 1320. The average molecular weight is 443 g/mol. The highest BCUT2D eigenvalue weighted by Gasteiger charge is 2.25. The lowest BCUT2D eigenvalue weighted by Crippen LogP contribution is -2.38. The van der Waals surface area contributed by atoms with Crippen LogP contribution in [0.3, 0.4) is 0 Å². The Labute approximate surface area is 192 Å². The summed E-state index contributed by atoms with van der Waals surface area (Å²) in [6.45, 7) is 2.76. The van der Waals surface area contributed by atoms with Crippen LogP contribution in [-0.4, -0.2) is 54.6 Å². The smallest absolute Gasteiger partial charge is 0.251 e. The summed E-state index contributed by atoms with van der Waals surface area (Å²) in [6, 6.07) is 19.6. The minimum atomic E-state index is -0.221. The molecule has 7 nitrogen and oxygen atoms in total. The molecule has 7 heteroatoms. The zero-order chi connectivity index (χ0) is 22.8. The highest BCUT2D eigenvalue weighted by atomic mass is 16.5. The second-order valence-electron chi connectivity index (χ2n) is 8.12. The van der Waals surface area contributed by atoms with Crippen LogP contribution in [0.4, 0.5) is 0 Å². The normalized spacial score (nSPS) is 16.7. The fourth-order valence-electron chi connectivity index (χ4n) is 4.35. The Kier molecular flexibility index (Phi) is 5.90. The lowest BCUT2D eigenvalue weighted by atomic mass is 10.0. The Morgan fingerprint density at radius 3 is 2.88 bits per heavy atom. The summed E-state index contributed by atoms with van der Waals surface area (Å²) in [4.78, 5) is 24.5. The van der Waals surface area contributed by atoms with Crippen molar-refractivity contribution in [3.63, 3.8) is 0 Å². The van der Waals surface area contributed by atoms with E-state index in [2.05, 4.69) is 22.3 Å². The molecule has 1 fully saturated rings. The van der Waals surface area contributed by atoms with Crippen molar-refractivity contribution in [1.29, 1.82) is 0 Å². The summed E-state index contributed by atoms with van der Waals surface area (Å²) in [5.41, 5.74) is 4.02. The van der Waals surface area contributed by atoms with Crippen LogP contribution in [0.1, 0.15) is 27.8 Å². The highest BCUT2D eigenvalue weighted by molar-refractivity contribution is 6.06. The third-order valence-electron chi connectivity index (χ3n) is 6.03. The lowest BCUT2D eigenvalue weighted by Gasteiger charge is -2.32. The number of amides is 1. The van der Waals surface area contributed by atoms with E-state index >= 15 is 0 Å². The van der Waals surface area contributed by atoms with Gasteiger partial charge in [-0.25, -0.2) is 9.97 Å². The first-order valence-electron chi connectivity index (χ1n) is 11.0. The number of hydrogen-bond donors (Lipinski definition) is 1. The Balaban J connectivity index is 1.41. The van der Waals surface area contributed by atoms with Gasteiger partial charge in [0, 0.05) is 37.5 Å². The van der Waals surface area contributed by atoms with Gasteiger partial charge in [0.2, 0.25) is 0 Å². The molecule has 2 aromatic heterocycles. The number of methoxy groups -OCH3 is 1. The van der Waals surface area contributed by atoms with E-state index in [0.717, 1.165) is 45.5 Å². The molecule has 0 aliphatic carbocycles. The standard InChI is InChI=1S/C26H26N4O3/c1-27-26(31)20-14-22(29-21-8-4-3-7-19(20)21)24-16-30(12-13-33-24)15-18-11-10-17-6-5-9-23(32-2)25(17)28-18/h3-11,14,24H,12-13,15-16H2,1-2H3,(H,27,31)/t24-/m1/s1. The number of ether oxygens (including phenoxy) is 2. The summed E-state index contributed by atoms with van der Waals surface area (Å²) in [5.74, 6) is 0.646. The molecule has 3 heterocycles. The van der Waals surface area contributed by atoms with E-state index in [4.69, 9.17) is 19.4 Å². The van der Waals surface area contributed by atoms with Crippen LogP contribution < -0.4 is 10.1 Å². The predicted molar refractivity (Wildman–Crippen MR) is 127 cm³/mol. The number of pyridine rings is 2. The maximum Gasteiger partial charge on any atom is 0.251 e. The van der Waals surface area contributed by atoms with Crippen LogP contribution in [0.25, 0.3) is 21.8 Å². The molecular weight excluding hydrogens is 416 g/mol. The van der Waals surface area contributed by atoms with Gasteiger partial charge in [-0.1, -0.05) is 36.4 Å². The second-order valence-corrected chi connectivity index (χ2v) is 8.12. The number of carbonyl (C=O) groups excluding carboxylic acids is 1. The van der Waals surface area contributed by atoms with Crippen molar-refractivity contribution in [2.24, 2.45) is 0 Å². The molecule has 1 N–H and O–H groups in total. The fourth-order valence-corrected chi connectivity index (χ4v) is 4.35. The number of rotatable bonds is 5. The lowest BCUT2D eigenvalue weighted by molar-refractivity contribution is -0.0351. The molecule has 0 unspecified atom stereocenters. The van der Waals surface area contributed by atoms with E-state index < -0.39 is 0 Å². The SMILES string of the molecule is CNC(=O)c1cc([C@H]2CN(Cc3ccc4cccc(OC)c4n3)CCO2)nc2ccccc12. The van der Waals surface area contributed by atoms with Crippen molar-refractivity contribution in [1.82, 2.24) is 20.2 Å². The number of nitrogens with one attached hydrogen (secondary N) is 1. The molecule has 0 radical (unpaired) electrons. The van der Waals surface area contributed by atoms with Crippen LogP contribution in [-0.2, 0) is 11.3 Å². The zero-order valence-corrected chi connectivity index (χ0v) is 18.7. The number of nitrogens with zero attached hydrogens (tertiary/aromatic N) is 3. The molecule has 5 rings (SSSR count). The molecule has 1 saturated heterocycles. The fraction of sp³-hybridized carbons (Fsp3) is 0.269. The first-order chi connectivity index (χ1) is 16.2. The molecule has 0 bridgehead atoms. The summed E-state index contributed by atoms with van der Waals surface area (Å²) in [6.07, 6.45) is -0.221. The largest absolute Gasteiger partial charge is 0.494 e. The van der Waals surface area contributed by atoms with E-state index in [-0.39, 0.29) is 12.0 Å². The number of benzene rings is 2. The Morgan fingerprint density at radius 2 is 2.03 bits per heavy atom. The first kappa shape index (κ1) is 21.3. The number of para-hydroxylation sites is 2. The van der Waals surface area contributed by atoms with Crippen molar-refractivity contribution in [3.8, 4) is 5.75 Å². The molecule has 168 valence electrons. The molecule has 1 aliphatic heterocycles. The van der Waals surface area contributed by atoms with E-state index in [0.29, 0.717) is 25.3 Å². The predicted octanol–water partition coefficient (Wildman–Crippen LogP) is 3.72. The third kappa shape index (κ3) is 4.25. The summed E-state index contributed by atoms with van der Waals surface area (Å²) < 4.78 is 11.6. The van der Waals surface area contributed by atoms with Gasteiger partial charge >= 0.3 is 0 Å². The summed E-state index contributed by atoms with van der Waals surface area (Å²) in [7, 11) is 3.31. The summed E-state index contributed by atoms with van der Waals surface area (Å²) in [5, 5.41) is 4.62. The van der Waals surface area contributed by atoms with Gasteiger partial charge in [0.15, 0.2) is 0 Å². The van der Waals surface area contributed by atoms with Gasteiger partial charge in [0.05, 0.1) is 36.2 Å². The van der Waals surface area contributed by atoms with Gasteiger partial charge in [0.25, 0.3) is 5.91 Å². The molecule has 0 saturated carbocycles. The van der Waals surface area contributed by atoms with Crippen LogP contribution in [0.15, 0.2) is 60.7 Å². The van der Waals surface area contributed by atoms with Crippen LogP contribution in [0.5, 0.6) is 5.75 Å². The van der Waals surface area contributed by atoms with E-state index in [1.54, 1.807) is 14.2 Å². The average Bonchev–Trinajstić information content (AvgIpc) is 2.87. The first-order valence-corrected chi connectivity index (χ1v) is 11.0. The van der Waals surface area contributed by atoms with Gasteiger partial charge in [0.1, 0.15) is 17.4 Å². The molecule has 2 aromatic carbocycles. The van der Waals surface area contributed by atoms with Gasteiger partial charge in [-0.05, 0) is 24.3 Å². The number of fused-ring (bicyclic) bond motifs is 2. The maximum atomic E-state index is 12.5.